The second kappa shape index (κ2) is 5.89. The number of hydrogen-bond donors (Lipinski definition) is 0. The number of imidazole rings is 1. The van der Waals surface area contributed by atoms with Gasteiger partial charge in [-0.3, -0.25) is 0 Å². The third kappa shape index (κ3) is 3.12. The summed E-state index contributed by atoms with van der Waals surface area (Å²) in [6.07, 6.45) is 9.34. The van der Waals surface area contributed by atoms with E-state index >= 15 is 0 Å². The fourth-order valence-corrected chi connectivity index (χ4v) is 5.26. The molecule has 0 atom stereocenters. The maximum absolute atomic E-state index is 12.9. The number of halogens is 1. The maximum Gasteiger partial charge on any atom is 0.263 e. The largest absolute Gasteiger partial charge is 0.324 e. The molecule has 3 rings (SSSR count). The second-order valence-electron chi connectivity index (χ2n) is 6.26. The molecule has 0 unspecified atom stereocenters. The van der Waals surface area contributed by atoms with E-state index in [0.29, 0.717) is 12.5 Å². The molecule has 1 aromatic heterocycles. The monoisotopic (exact) mass is 331 g/mol. The van der Waals surface area contributed by atoms with Gasteiger partial charge in [-0.1, -0.05) is 30.9 Å². The third-order valence-corrected chi connectivity index (χ3v) is 6.91. The van der Waals surface area contributed by atoms with Gasteiger partial charge in [-0.2, -0.15) is 4.31 Å². The van der Waals surface area contributed by atoms with Crippen LogP contribution in [-0.4, -0.2) is 34.9 Å². The molecule has 2 aliphatic rings. The molecule has 1 aromatic rings. The Hall–Kier alpha value is -0.590. The lowest BCUT2D eigenvalue weighted by atomic mass is 9.89. The van der Waals surface area contributed by atoms with Crippen molar-refractivity contribution in [3.05, 3.63) is 11.5 Å². The second-order valence-corrected chi connectivity index (χ2v) is 8.43. The van der Waals surface area contributed by atoms with Gasteiger partial charge in [0.25, 0.3) is 10.0 Å². The number of nitrogens with zero attached hydrogens (tertiary/aromatic N) is 3. The Morgan fingerprint density at radius 3 is 2.48 bits per heavy atom. The fraction of sp³-hybridized carbons (Fsp3) is 0.786. The predicted octanol–water partition coefficient (Wildman–Crippen LogP) is 2.81. The van der Waals surface area contributed by atoms with E-state index < -0.39 is 10.0 Å². The SMILES string of the molecule is Cn1cnc(S(=O)(=O)N(CC2CCCCC2)C2CC2)c1Cl. The van der Waals surface area contributed by atoms with E-state index in [4.69, 9.17) is 11.6 Å². The first-order valence-corrected chi connectivity index (χ1v) is 9.50. The van der Waals surface area contributed by atoms with E-state index in [1.54, 1.807) is 15.9 Å². The molecule has 2 fully saturated rings. The average molecular weight is 332 g/mol. The molecule has 21 heavy (non-hydrogen) atoms. The molecule has 0 amide bonds. The van der Waals surface area contributed by atoms with Crippen LogP contribution >= 0.6 is 11.6 Å². The van der Waals surface area contributed by atoms with Crippen molar-refractivity contribution in [3.8, 4) is 0 Å². The normalized spacial score (nSPS) is 21.1. The van der Waals surface area contributed by atoms with Gasteiger partial charge in [0, 0.05) is 19.6 Å². The van der Waals surface area contributed by atoms with Crippen LogP contribution in [0.3, 0.4) is 0 Å². The van der Waals surface area contributed by atoms with Crippen molar-refractivity contribution < 1.29 is 8.42 Å². The minimum absolute atomic E-state index is 0.00868. The van der Waals surface area contributed by atoms with E-state index in [1.165, 1.54) is 25.6 Å². The molecule has 118 valence electrons. The zero-order valence-electron chi connectivity index (χ0n) is 12.3. The molecular formula is C14H22ClN3O2S. The summed E-state index contributed by atoms with van der Waals surface area (Å²) in [6.45, 7) is 0.625. The summed E-state index contributed by atoms with van der Waals surface area (Å²) in [5.41, 5.74) is 0. The van der Waals surface area contributed by atoms with Gasteiger partial charge in [0.15, 0.2) is 0 Å². The lowest BCUT2D eigenvalue weighted by Crippen LogP contribution is -2.38. The highest BCUT2D eigenvalue weighted by molar-refractivity contribution is 7.89. The van der Waals surface area contributed by atoms with Crippen LogP contribution in [0.4, 0.5) is 0 Å². The molecule has 0 spiro atoms. The third-order valence-electron chi connectivity index (χ3n) is 4.50. The Morgan fingerprint density at radius 2 is 1.95 bits per heavy atom. The summed E-state index contributed by atoms with van der Waals surface area (Å²) in [6, 6.07) is 0.148. The topological polar surface area (TPSA) is 55.2 Å². The van der Waals surface area contributed by atoms with Crippen LogP contribution in [0, 0.1) is 5.92 Å². The zero-order valence-corrected chi connectivity index (χ0v) is 13.9. The van der Waals surface area contributed by atoms with Gasteiger partial charge in [0.2, 0.25) is 5.03 Å². The van der Waals surface area contributed by atoms with Gasteiger partial charge in [0.05, 0.1) is 6.33 Å². The van der Waals surface area contributed by atoms with Crippen LogP contribution in [0.1, 0.15) is 44.9 Å². The first-order valence-electron chi connectivity index (χ1n) is 7.69. The summed E-state index contributed by atoms with van der Waals surface area (Å²) in [5.74, 6) is 0.483. The van der Waals surface area contributed by atoms with Gasteiger partial charge in [0.1, 0.15) is 5.15 Å². The molecule has 0 aliphatic heterocycles. The number of aromatic nitrogens is 2. The standard InChI is InChI=1S/C14H22ClN3O2S/c1-17-10-16-14(13(17)15)21(19,20)18(12-7-8-12)9-11-5-3-2-4-6-11/h10-12H,2-9H2,1H3. The number of rotatable bonds is 5. The van der Waals surface area contributed by atoms with Crippen LogP contribution in [0.5, 0.6) is 0 Å². The van der Waals surface area contributed by atoms with E-state index in [2.05, 4.69) is 4.98 Å². The Labute approximate surface area is 131 Å². The van der Waals surface area contributed by atoms with Crippen molar-refractivity contribution >= 4 is 21.6 Å². The van der Waals surface area contributed by atoms with Crippen molar-refractivity contribution in [1.82, 2.24) is 13.9 Å². The lowest BCUT2D eigenvalue weighted by molar-refractivity contribution is 0.274. The molecule has 7 heteroatoms. The fourth-order valence-electron chi connectivity index (χ4n) is 3.11. The van der Waals surface area contributed by atoms with Crippen molar-refractivity contribution in [2.45, 2.75) is 56.0 Å². The van der Waals surface area contributed by atoms with Crippen LogP contribution in [0.2, 0.25) is 5.15 Å². The van der Waals surface area contributed by atoms with Gasteiger partial charge in [-0.25, -0.2) is 13.4 Å². The molecule has 1 heterocycles. The van der Waals surface area contributed by atoms with Crippen molar-refractivity contribution in [1.29, 1.82) is 0 Å². The van der Waals surface area contributed by atoms with Gasteiger partial charge >= 0.3 is 0 Å². The lowest BCUT2D eigenvalue weighted by Gasteiger charge is -2.28. The molecule has 5 nitrogen and oxygen atoms in total. The van der Waals surface area contributed by atoms with Crippen molar-refractivity contribution in [3.63, 3.8) is 0 Å². The molecular weight excluding hydrogens is 310 g/mol. The van der Waals surface area contributed by atoms with E-state index in [9.17, 15) is 8.42 Å². The Balaban J connectivity index is 1.84. The minimum Gasteiger partial charge on any atom is -0.324 e. The van der Waals surface area contributed by atoms with E-state index in [0.717, 1.165) is 25.7 Å². The Morgan fingerprint density at radius 1 is 1.29 bits per heavy atom. The highest BCUT2D eigenvalue weighted by Crippen LogP contribution is 2.36. The van der Waals surface area contributed by atoms with Crippen LogP contribution in [0.15, 0.2) is 11.4 Å². The van der Waals surface area contributed by atoms with Gasteiger partial charge < -0.3 is 4.57 Å². The summed E-state index contributed by atoms with van der Waals surface area (Å²) >= 11 is 6.10. The number of hydrogen-bond acceptors (Lipinski definition) is 3. The smallest absolute Gasteiger partial charge is 0.263 e. The Bertz CT molecular complexity index is 604. The Kier molecular flexibility index (Phi) is 4.30. The summed E-state index contributed by atoms with van der Waals surface area (Å²) in [4.78, 5) is 4.01. The van der Waals surface area contributed by atoms with Crippen molar-refractivity contribution in [2.75, 3.05) is 6.54 Å². The predicted molar refractivity (Wildman–Crippen MR) is 81.7 cm³/mol. The summed E-state index contributed by atoms with van der Waals surface area (Å²) in [7, 11) is -1.87. The summed E-state index contributed by atoms with van der Waals surface area (Å²) in [5, 5.41) is 0.207. The molecule has 2 saturated carbocycles. The minimum atomic E-state index is -3.58. The molecule has 2 aliphatic carbocycles. The highest BCUT2D eigenvalue weighted by atomic mass is 35.5. The van der Waals surface area contributed by atoms with E-state index in [1.807, 2.05) is 0 Å². The zero-order chi connectivity index (χ0) is 15.0. The first kappa shape index (κ1) is 15.3. The van der Waals surface area contributed by atoms with Crippen LogP contribution in [-0.2, 0) is 17.1 Å². The van der Waals surface area contributed by atoms with Gasteiger partial charge in [-0.15, -0.1) is 0 Å². The molecule has 0 N–H and O–H groups in total. The van der Waals surface area contributed by atoms with Gasteiger partial charge in [-0.05, 0) is 31.6 Å². The van der Waals surface area contributed by atoms with E-state index in [-0.39, 0.29) is 16.2 Å². The average Bonchev–Trinajstić information content (AvgIpc) is 3.24. The van der Waals surface area contributed by atoms with Crippen molar-refractivity contribution in [2.24, 2.45) is 13.0 Å². The highest BCUT2D eigenvalue weighted by Gasteiger charge is 2.41. The quantitative estimate of drug-likeness (QED) is 0.833. The van der Waals surface area contributed by atoms with Crippen LogP contribution < -0.4 is 0 Å². The first-order chi connectivity index (χ1) is 10.00. The maximum atomic E-state index is 12.9. The molecule has 0 aromatic carbocycles. The molecule has 0 bridgehead atoms. The number of aryl methyl sites for hydroxylation is 1. The molecule has 0 radical (unpaired) electrons. The molecule has 0 saturated heterocycles. The number of sulfonamides is 1. The van der Waals surface area contributed by atoms with Crippen LogP contribution in [0.25, 0.3) is 0 Å². The summed E-state index contributed by atoms with van der Waals surface area (Å²) < 4.78 is 29.0.